The largest absolute Gasteiger partial charge is 0.505 e. The van der Waals surface area contributed by atoms with E-state index in [0.717, 1.165) is 22.3 Å². The van der Waals surface area contributed by atoms with E-state index in [4.69, 9.17) is 4.42 Å². The van der Waals surface area contributed by atoms with Crippen molar-refractivity contribution in [3.8, 4) is 5.75 Å². The number of aromatic hydroxyl groups is 1. The van der Waals surface area contributed by atoms with Crippen molar-refractivity contribution in [3.63, 3.8) is 0 Å². The summed E-state index contributed by atoms with van der Waals surface area (Å²) >= 11 is 0. The summed E-state index contributed by atoms with van der Waals surface area (Å²) < 4.78 is 33.2. The summed E-state index contributed by atoms with van der Waals surface area (Å²) in [5.41, 5.74) is 0.310. The number of amides is 1. The van der Waals surface area contributed by atoms with Crippen LogP contribution in [0.5, 0.6) is 5.75 Å². The molecule has 9 heteroatoms. The minimum absolute atomic E-state index is 0.0782. The molecule has 0 saturated carbocycles. The molecular weight excluding hydrogens is 408 g/mol. The number of aromatic nitrogens is 2. The first-order valence-corrected chi connectivity index (χ1v) is 9.32. The molecule has 0 aliphatic rings. The topological polar surface area (TPSA) is 97.4 Å². The number of nitrogens with zero attached hydrogens (tertiary/aromatic N) is 2. The molecule has 2 N–H and O–H groups in total. The zero-order chi connectivity index (χ0) is 22.1. The van der Waals surface area contributed by atoms with Crippen LogP contribution in [0.1, 0.15) is 27.4 Å². The number of nitrogens with one attached hydrogen (secondary N) is 1. The van der Waals surface area contributed by atoms with Gasteiger partial charge in [0.25, 0.3) is 11.4 Å². The van der Waals surface area contributed by atoms with Crippen LogP contribution >= 0.6 is 0 Å². The number of pyridine rings is 1. The minimum Gasteiger partial charge on any atom is -0.505 e. The second-order valence-corrected chi connectivity index (χ2v) is 6.96. The van der Waals surface area contributed by atoms with Crippen LogP contribution in [-0.2, 0) is 20.0 Å². The Morgan fingerprint density at radius 3 is 2.58 bits per heavy atom. The van der Waals surface area contributed by atoms with Crippen molar-refractivity contribution in [2.75, 3.05) is 0 Å². The Hall–Kier alpha value is -4.01. The SMILES string of the molecule is Cn1c(=O)c(Cc2ccc(F)c(F)c2)c(O)c2nc(C(=O)NCc3ccccc3)oc21. The fourth-order valence-electron chi connectivity index (χ4n) is 3.20. The molecule has 2 heterocycles. The van der Waals surface area contributed by atoms with E-state index in [-0.39, 0.29) is 41.2 Å². The number of rotatable bonds is 5. The van der Waals surface area contributed by atoms with Crippen LogP contribution in [0.25, 0.3) is 11.2 Å². The highest BCUT2D eigenvalue weighted by molar-refractivity contribution is 5.93. The summed E-state index contributed by atoms with van der Waals surface area (Å²) in [4.78, 5) is 29.2. The van der Waals surface area contributed by atoms with E-state index in [9.17, 15) is 23.5 Å². The third-order valence-electron chi connectivity index (χ3n) is 4.84. The van der Waals surface area contributed by atoms with Crippen molar-refractivity contribution in [1.29, 1.82) is 0 Å². The molecule has 0 atom stereocenters. The maximum Gasteiger partial charge on any atom is 0.307 e. The maximum absolute atomic E-state index is 13.5. The van der Waals surface area contributed by atoms with E-state index < -0.39 is 28.9 Å². The molecule has 31 heavy (non-hydrogen) atoms. The molecule has 0 bridgehead atoms. The van der Waals surface area contributed by atoms with Crippen LogP contribution in [-0.4, -0.2) is 20.6 Å². The van der Waals surface area contributed by atoms with Gasteiger partial charge in [-0.3, -0.25) is 14.2 Å². The lowest BCUT2D eigenvalue weighted by atomic mass is 10.0. The van der Waals surface area contributed by atoms with E-state index in [1.165, 1.54) is 13.1 Å². The van der Waals surface area contributed by atoms with E-state index in [1.54, 1.807) is 0 Å². The Bertz CT molecular complexity index is 1350. The zero-order valence-corrected chi connectivity index (χ0v) is 16.4. The van der Waals surface area contributed by atoms with Gasteiger partial charge in [0.05, 0.1) is 5.56 Å². The number of carbonyl (C=O) groups excluding carboxylic acids is 1. The van der Waals surface area contributed by atoms with E-state index in [0.29, 0.717) is 0 Å². The van der Waals surface area contributed by atoms with Gasteiger partial charge in [-0.2, -0.15) is 4.98 Å². The number of fused-ring (bicyclic) bond motifs is 1. The van der Waals surface area contributed by atoms with Gasteiger partial charge >= 0.3 is 5.91 Å². The van der Waals surface area contributed by atoms with Gasteiger partial charge in [-0.25, -0.2) is 8.78 Å². The molecule has 0 aliphatic heterocycles. The van der Waals surface area contributed by atoms with Crippen molar-refractivity contribution >= 4 is 17.1 Å². The van der Waals surface area contributed by atoms with Crippen LogP contribution in [0.4, 0.5) is 8.78 Å². The molecule has 0 spiro atoms. The standard InChI is InChI=1S/C22H17F2N3O4/c1-27-21(30)14(9-13-7-8-15(23)16(24)10-13)18(28)17-22(27)31-20(26-17)19(29)25-11-12-5-3-2-4-6-12/h2-8,10,28H,9,11H2,1H3,(H,25,29). The van der Waals surface area contributed by atoms with Crippen molar-refractivity contribution in [1.82, 2.24) is 14.9 Å². The molecule has 0 unspecified atom stereocenters. The molecule has 2 aromatic carbocycles. The van der Waals surface area contributed by atoms with Crippen LogP contribution in [0.2, 0.25) is 0 Å². The first-order chi connectivity index (χ1) is 14.8. The number of aryl methyl sites for hydroxylation is 1. The van der Waals surface area contributed by atoms with E-state index in [1.807, 2.05) is 30.3 Å². The molecular formula is C22H17F2N3O4. The first kappa shape index (κ1) is 20.3. The normalized spacial score (nSPS) is 11.1. The molecule has 2 aromatic heterocycles. The number of benzene rings is 2. The lowest BCUT2D eigenvalue weighted by molar-refractivity contribution is 0.0918. The second-order valence-electron chi connectivity index (χ2n) is 6.96. The number of oxazole rings is 1. The van der Waals surface area contributed by atoms with Gasteiger partial charge in [0, 0.05) is 20.0 Å². The van der Waals surface area contributed by atoms with Gasteiger partial charge in [0.15, 0.2) is 22.9 Å². The Morgan fingerprint density at radius 2 is 1.87 bits per heavy atom. The Labute approximate surface area is 174 Å². The lowest BCUT2D eigenvalue weighted by Gasteiger charge is -2.07. The summed E-state index contributed by atoms with van der Waals surface area (Å²) in [5, 5.41) is 13.3. The first-order valence-electron chi connectivity index (χ1n) is 9.32. The van der Waals surface area contributed by atoms with Crippen molar-refractivity contribution in [3.05, 3.63) is 93.1 Å². The number of carbonyl (C=O) groups is 1. The quantitative estimate of drug-likeness (QED) is 0.512. The summed E-state index contributed by atoms with van der Waals surface area (Å²) in [7, 11) is 1.40. The second kappa shape index (κ2) is 8.02. The van der Waals surface area contributed by atoms with Crippen molar-refractivity contribution in [2.45, 2.75) is 13.0 Å². The van der Waals surface area contributed by atoms with Crippen LogP contribution < -0.4 is 10.9 Å². The van der Waals surface area contributed by atoms with Crippen molar-refractivity contribution in [2.24, 2.45) is 7.05 Å². The predicted molar refractivity (Wildman–Crippen MR) is 108 cm³/mol. The molecule has 0 fully saturated rings. The molecule has 4 rings (SSSR count). The van der Waals surface area contributed by atoms with Crippen molar-refractivity contribution < 1.29 is 23.1 Å². The van der Waals surface area contributed by atoms with Gasteiger partial charge < -0.3 is 14.8 Å². The van der Waals surface area contributed by atoms with E-state index in [2.05, 4.69) is 10.3 Å². The van der Waals surface area contributed by atoms with Gasteiger partial charge in [-0.05, 0) is 23.3 Å². The summed E-state index contributed by atoms with van der Waals surface area (Å²) in [6, 6.07) is 12.4. The fraction of sp³-hybridized carbons (Fsp3) is 0.136. The summed E-state index contributed by atoms with van der Waals surface area (Å²) in [6.45, 7) is 0.241. The molecule has 4 aromatic rings. The molecule has 158 valence electrons. The van der Waals surface area contributed by atoms with Gasteiger partial charge in [0.1, 0.15) is 0 Å². The molecule has 0 radical (unpaired) electrons. The predicted octanol–water partition coefficient (Wildman–Crippen LogP) is 3.03. The Kier molecular flexibility index (Phi) is 5.24. The molecule has 0 aliphatic carbocycles. The minimum atomic E-state index is -1.06. The smallest absolute Gasteiger partial charge is 0.307 e. The Balaban J connectivity index is 1.66. The summed E-state index contributed by atoms with van der Waals surface area (Å²) in [5.74, 6) is -3.49. The highest BCUT2D eigenvalue weighted by Crippen LogP contribution is 2.28. The lowest BCUT2D eigenvalue weighted by Crippen LogP contribution is -2.23. The monoisotopic (exact) mass is 425 g/mol. The zero-order valence-electron chi connectivity index (χ0n) is 16.4. The van der Waals surface area contributed by atoms with Crippen LogP contribution in [0.15, 0.2) is 57.7 Å². The number of hydrogen-bond acceptors (Lipinski definition) is 5. The molecule has 7 nitrogen and oxygen atoms in total. The average molecular weight is 425 g/mol. The van der Waals surface area contributed by atoms with Gasteiger partial charge in [0.2, 0.25) is 5.71 Å². The maximum atomic E-state index is 13.5. The fourth-order valence-corrected chi connectivity index (χ4v) is 3.20. The number of hydrogen-bond donors (Lipinski definition) is 2. The highest BCUT2D eigenvalue weighted by Gasteiger charge is 2.23. The average Bonchev–Trinajstić information content (AvgIpc) is 3.23. The van der Waals surface area contributed by atoms with Crippen LogP contribution in [0.3, 0.4) is 0 Å². The van der Waals surface area contributed by atoms with Gasteiger partial charge in [-0.1, -0.05) is 36.4 Å². The third-order valence-corrected chi connectivity index (χ3v) is 4.84. The van der Waals surface area contributed by atoms with Crippen LogP contribution in [0, 0.1) is 11.6 Å². The third kappa shape index (κ3) is 3.89. The van der Waals surface area contributed by atoms with E-state index >= 15 is 0 Å². The Morgan fingerprint density at radius 1 is 1.13 bits per heavy atom. The van der Waals surface area contributed by atoms with Gasteiger partial charge in [-0.15, -0.1) is 0 Å². The number of halogens is 2. The summed E-state index contributed by atoms with van der Waals surface area (Å²) in [6.07, 6.45) is -0.159. The molecule has 1 amide bonds. The highest BCUT2D eigenvalue weighted by atomic mass is 19.2. The molecule has 0 saturated heterocycles.